The summed E-state index contributed by atoms with van der Waals surface area (Å²) in [5, 5.41) is 2.39. The molecule has 3 aromatic carbocycles. The second-order valence-corrected chi connectivity index (χ2v) is 8.81. The van der Waals surface area contributed by atoms with Gasteiger partial charge in [0, 0.05) is 18.8 Å². The zero-order valence-corrected chi connectivity index (χ0v) is 18.7. The van der Waals surface area contributed by atoms with Crippen LogP contribution in [-0.4, -0.2) is 34.6 Å². The molecule has 3 rings (SSSR count). The average Bonchev–Trinajstić information content (AvgIpc) is 2.80. The van der Waals surface area contributed by atoms with Gasteiger partial charge in [-0.15, -0.1) is 0 Å². The Hall–Kier alpha value is -3.66. The molecule has 0 aliphatic carbocycles. The smallest absolute Gasteiger partial charge is 0.264 e. The summed E-state index contributed by atoms with van der Waals surface area (Å²) in [5.41, 5.74) is 0.487. The van der Waals surface area contributed by atoms with Crippen LogP contribution in [0.1, 0.15) is 6.92 Å². The number of anilines is 2. The predicted octanol–water partition coefficient (Wildman–Crippen LogP) is 4.21. The maximum atomic E-state index is 13.2. The number of hydrogen-bond donors (Lipinski definition) is 1. The normalized spacial score (nSPS) is 11.0. The van der Waals surface area contributed by atoms with E-state index in [4.69, 9.17) is 9.47 Å². The van der Waals surface area contributed by atoms with E-state index in [1.807, 2.05) is 6.92 Å². The third-order valence-corrected chi connectivity index (χ3v) is 6.37. The third-order valence-electron chi connectivity index (χ3n) is 4.57. The number of carbonyl (C=O) groups is 1. The number of sulfonamides is 1. The molecule has 0 saturated heterocycles. The number of nitrogens with one attached hydrogen (secondary N) is 1. The van der Waals surface area contributed by atoms with E-state index in [1.54, 1.807) is 12.1 Å². The molecular formula is C23H22F2N2O5S. The highest BCUT2D eigenvalue weighted by atomic mass is 32.2. The molecule has 10 heteroatoms. The van der Waals surface area contributed by atoms with E-state index >= 15 is 0 Å². The van der Waals surface area contributed by atoms with Crippen LogP contribution in [0, 0.1) is 11.6 Å². The molecule has 174 valence electrons. The van der Waals surface area contributed by atoms with Crippen LogP contribution in [0.5, 0.6) is 11.5 Å². The Labute approximate surface area is 190 Å². The second kappa shape index (κ2) is 10.3. The van der Waals surface area contributed by atoms with Crippen LogP contribution >= 0.6 is 0 Å². The molecular weight excluding hydrogens is 454 g/mol. The van der Waals surface area contributed by atoms with E-state index in [1.165, 1.54) is 49.5 Å². The van der Waals surface area contributed by atoms with Crippen molar-refractivity contribution in [3.8, 4) is 11.5 Å². The summed E-state index contributed by atoms with van der Waals surface area (Å²) in [6.45, 7) is 1.94. The molecule has 1 N–H and O–H groups in total. The SMILES string of the molecule is CCOc1ccc(S(=O)(=O)N(C)c2ccc(OCC(=O)Nc3ccc(F)c(F)c3)cc2)cc1. The molecule has 0 fully saturated rings. The van der Waals surface area contributed by atoms with Crippen molar-refractivity contribution in [2.24, 2.45) is 0 Å². The van der Waals surface area contributed by atoms with Gasteiger partial charge in [0.25, 0.3) is 15.9 Å². The van der Waals surface area contributed by atoms with Crippen molar-refractivity contribution >= 4 is 27.3 Å². The summed E-state index contributed by atoms with van der Waals surface area (Å²) in [6, 6.07) is 15.2. The van der Waals surface area contributed by atoms with Crippen LogP contribution in [0.15, 0.2) is 71.6 Å². The molecule has 1 amide bonds. The zero-order chi connectivity index (χ0) is 24.0. The predicted molar refractivity (Wildman–Crippen MR) is 120 cm³/mol. The van der Waals surface area contributed by atoms with Gasteiger partial charge in [-0.3, -0.25) is 9.10 Å². The fourth-order valence-corrected chi connectivity index (χ4v) is 4.04. The maximum absolute atomic E-state index is 13.2. The third kappa shape index (κ3) is 5.98. The van der Waals surface area contributed by atoms with Gasteiger partial charge in [-0.25, -0.2) is 17.2 Å². The number of rotatable bonds is 9. The lowest BCUT2D eigenvalue weighted by Gasteiger charge is -2.20. The van der Waals surface area contributed by atoms with Gasteiger partial charge >= 0.3 is 0 Å². The number of benzene rings is 3. The Balaban J connectivity index is 1.60. The van der Waals surface area contributed by atoms with Gasteiger partial charge in [-0.1, -0.05) is 0 Å². The Morgan fingerprint density at radius 2 is 1.52 bits per heavy atom. The lowest BCUT2D eigenvalue weighted by Crippen LogP contribution is -2.26. The first-order valence-electron chi connectivity index (χ1n) is 9.90. The number of nitrogens with zero attached hydrogens (tertiary/aromatic N) is 1. The quantitative estimate of drug-likeness (QED) is 0.500. The number of carbonyl (C=O) groups excluding carboxylic acids is 1. The Bertz CT molecular complexity index is 1220. The fraction of sp³-hybridized carbons (Fsp3) is 0.174. The Morgan fingerprint density at radius 1 is 0.909 bits per heavy atom. The summed E-state index contributed by atoms with van der Waals surface area (Å²) < 4.78 is 63.7. The van der Waals surface area contributed by atoms with E-state index in [9.17, 15) is 22.0 Å². The first-order chi connectivity index (χ1) is 15.7. The van der Waals surface area contributed by atoms with Crippen molar-refractivity contribution in [1.29, 1.82) is 0 Å². The average molecular weight is 477 g/mol. The summed E-state index contributed by atoms with van der Waals surface area (Å²) in [7, 11) is -2.36. The Kier molecular flexibility index (Phi) is 7.49. The number of hydrogen-bond acceptors (Lipinski definition) is 5. The van der Waals surface area contributed by atoms with E-state index < -0.39 is 27.6 Å². The molecule has 33 heavy (non-hydrogen) atoms. The largest absolute Gasteiger partial charge is 0.494 e. The summed E-state index contributed by atoms with van der Waals surface area (Å²) >= 11 is 0. The van der Waals surface area contributed by atoms with Crippen molar-refractivity contribution in [3.05, 3.63) is 78.4 Å². The van der Waals surface area contributed by atoms with Gasteiger partial charge in [0.1, 0.15) is 11.5 Å². The van der Waals surface area contributed by atoms with Crippen LogP contribution in [0.25, 0.3) is 0 Å². The topological polar surface area (TPSA) is 84.9 Å². The van der Waals surface area contributed by atoms with Gasteiger partial charge in [0.15, 0.2) is 18.2 Å². The first-order valence-corrected chi connectivity index (χ1v) is 11.3. The van der Waals surface area contributed by atoms with Crippen molar-refractivity contribution in [2.45, 2.75) is 11.8 Å². The molecule has 0 unspecified atom stereocenters. The van der Waals surface area contributed by atoms with Crippen LogP contribution < -0.4 is 19.1 Å². The summed E-state index contributed by atoms with van der Waals surface area (Å²) in [4.78, 5) is 12.1. The van der Waals surface area contributed by atoms with Gasteiger partial charge in [-0.05, 0) is 67.6 Å². The second-order valence-electron chi connectivity index (χ2n) is 6.84. The van der Waals surface area contributed by atoms with E-state index in [0.717, 1.165) is 16.4 Å². The molecule has 7 nitrogen and oxygen atoms in total. The molecule has 0 heterocycles. The van der Waals surface area contributed by atoms with E-state index in [0.29, 0.717) is 23.8 Å². The monoisotopic (exact) mass is 476 g/mol. The van der Waals surface area contributed by atoms with Crippen LogP contribution in [-0.2, 0) is 14.8 Å². The van der Waals surface area contributed by atoms with E-state index in [-0.39, 0.29) is 17.2 Å². The van der Waals surface area contributed by atoms with Gasteiger partial charge in [-0.2, -0.15) is 0 Å². The minimum atomic E-state index is -3.79. The minimum Gasteiger partial charge on any atom is -0.494 e. The maximum Gasteiger partial charge on any atom is 0.264 e. The molecule has 0 atom stereocenters. The lowest BCUT2D eigenvalue weighted by atomic mass is 10.3. The molecule has 0 bridgehead atoms. The van der Waals surface area contributed by atoms with Crippen molar-refractivity contribution < 1.29 is 31.5 Å². The fourth-order valence-electron chi connectivity index (χ4n) is 2.84. The molecule has 0 saturated carbocycles. The summed E-state index contributed by atoms with van der Waals surface area (Å²) in [5.74, 6) is -1.76. The van der Waals surface area contributed by atoms with Gasteiger partial charge in [0.05, 0.1) is 17.2 Å². The van der Waals surface area contributed by atoms with Crippen molar-refractivity contribution in [2.75, 3.05) is 29.9 Å². The summed E-state index contributed by atoms with van der Waals surface area (Å²) in [6.07, 6.45) is 0. The highest BCUT2D eigenvalue weighted by Gasteiger charge is 2.21. The molecule has 0 aromatic heterocycles. The molecule has 0 aliphatic rings. The molecule has 3 aromatic rings. The van der Waals surface area contributed by atoms with Gasteiger partial charge < -0.3 is 14.8 Å². The molecule has 0 radical (unpaired) electrons. The van der Waals surface area contributed by atoms with Gasteiger partial charge in [0.2, 0.25) is 0 Å². The zero-order valence-electron chi connectivity index (χ0n) is 17.9. The van der Waals surface area contributed by atoms with Crippen LogP contribution in [0.3, 0.4) is 0 Å². The van der Waals surface area contributed by atoms with Crippen molar-refractivity contribution in [1.82, 2.24) is 0 Å². The highest BCUT2D eigenvalue weighted by Crippen LogP contribution is 2.25. The first kappa shape index (κ1) is 24.0. The number of amides is 1. The minimum absolute atomic E-state index is 0.0963. The van der Waals surface area contributed by atoms with Crippen LogP contribution in [0.4, 0.5) is 20.2 Å². The highest BCUT2D eigenvalue weighted by molar-refractivity contribution is 7.92. The molecule has 0 aliphatic heterocycles. The Morgan fingerprint density at radius 3 is 2.12 bits per heavy atom. The number of ether oxygens (including phenoxy) is 2. The standard InChI is InChI=1S/C23H22F2N2O5S/c1-3-31-18-9-11-20(12-10-18)33(29,30)27(2)17-5-7-19(8-6-17)32-15-23(28)26-16-4-13-21(24)22(25)14-16/h4-14H,3,15H2,1-2H3,(H,26,28). The number of halogens is 2. The lowest BCUT2D eigenvalue weighted by molar-refractivity contribution is -0.118. The van der Waals surface area contributed by atoms with Crippen molar-refractivity contribution in [3.63, 3.8) is 0 Å². The molecule has 0 spiro atoms. The van der Waals surface area contributed by atoms with E-state index in [2.05, 4.69) is 5.32 Å². The van der Waals surface area contributed by atoms with Crippen LogP contribution in [0.2, 0.25) is 0 Å².